The predicted octanol–water partition coefficient (Wildman–Crippen LogP) is 3.64. The Morgan fingerprint density at radius 3 is 2.30 bits per heavy atom. The van der Waals surface area contributed by atoms with Gasteiger partial charge in [0.05, 0.1) is 18.6 Å². The molecule has 6 nitrogen and oxygen atoms in total. The molecule has 0 heterocycles. The molecular weight excluding hydrogens is 390 g/mol. The summed E-state index contributed by atoms with van der Waals surface area (Å²) in [7, 11) is 1.59. The van der Waals surface area contributed by atoms with Gasteiger partial charge >= 0.3 is 5.97 Å². The lowest BCUT2D eigenvalue weighted by Gasteiger charge is -2.08. The third-order valence-corrected chi connectivity index (χ3v) is 4.41. The molecule has 2 aromatic carbocycles. The highest BCUT2D eigenvalue weighted by molar-refractivity contribution is 8.00. The number of amides is 1. The maximum Gasteiger partial charge on any atom is 0.316 e. The van der Waals surface area contributed by atoms with Crippen molar-refractivity contribution in [2.75, 3.05) is 37.1 Å². The van der Waals surface area contributed by atoms with E-state index in [9.17, 15) is 9.59 Å². The summed E-state index contributed by atoms with van der Waals surface area (Å²) in [6.07, 6.45) is 0. The molecule has 1 N–H and O–H groups in total. The van der Waals surface area contributed by atoms with Gasteiger partial charge in [-0.1, -0.05) is 11.6 Å². The van der Waals surface area contributed by atoms with Crippen molar-refractivity contribution in [1.82, 2.24) is 0 Å². The van der Waals surface area contributed by atoms with Crippen LogP contribution in [0, 0.1) is 0 Å². The fourth-order valence-electron chi connectivity index (χ4n) is 1.99. The molecule has 8 heteroatoms. The molecule has 2 aromatic rings. The lowest BCUT2D eigenvalue weighted by molar-refractivity contribution is -0.141. The minimum absolute atomic E-state index is 0.0938. The fraction of sp³-hybridized carbons (Fsp3) is 0.263. The maximum absolute atomic E-state index is 11.8. The van der Waals surface area contributed by atoms with Gasteiger partial charge in [-0.15, -0.1) is 11.8 Å². The Bertz CT molecular complexity index is 737. The highest BCUT2D eigenvalue weighted by Crippen LogP contribution is 2.17. The zero-order chi connectivity index (χ0) is 19.5. The van der Waals surface area contributed by atoms with Crippen molar-refractivity contribution in [3.8, 4) is 11.5 Å². The Hall–Kier alpha value is -2.38. The lowest BCUT2D eigenvalue weighted by Crippen LogP contribution is -2.17. The summed E-state index contributed by atoms with van der Waals surface area (Å²) in [5.41, 5.74) is 0.656. The van der Waals surface area contributed by atoms with Gasteiger partial charge in [0.15, 0.2) is 0 Å². The van der Waals surface area contributed by atoms with Gasteiger partial charge in [0, 0.05) is 10.7 Å². The molecule has 0 unspecified atom stereocenters. The molecule has 0 aromatic heterocycles. The van der Waals surface area contributed by atoms with Crippen LogP contribution < -0.4 is 14.8 Å². The van der Waals surface area contributed by atoms with Crippen LogP contribution in [0.3, 0.4) is 0 Å². The summed E-state index contributed by atoms with van der Waals surface area (Å²) in [6.45, 7) is 0.391. The number of esters is 1. The van der Waals surface area contributed by atoms with E-state index in [1.54, 1.807) is 55.6 Å². The largest absolute Gasteiger partial charge is 0.497 e. The van der Waals surface area contributed by atoms with Gasteiger partial charge in [-0.25, -0.2) is 0 Å². The number of halogens is 1. The lowest BCUT2D eigenvalue weighted by atomic mass is 10.3. The molecule has 0 aliphatic rings. The zero-order valence-corrected chi connectivity index (χ0v) is 16.3. The van der Waals surface area contributed by atoms with E-state index >= 15 is 0 Å². The number of nitrogens with one attached hydrogen (secondary N) is 1. The summed E-state index contributed by atoms with van der Waals surface area (Å²) in [5, 5.41) is 3.32. The molecule has 0 spiro atoms. The second kappa shape index (κ2) is 11.4. The topological polar surface area (TPSA) is 73.9 Å². The quantitative estimate of drug-likeness (QED) is 0.477. The number of anilines is 1. The Kier molecular flexibility index (Phi) is 8.80. The standard InChI is InChI=1S/C19H20ClNO5S/c1-24-16-6-8-17(9-7-16)25-10-11-26-19(23)13-27-12-18(22)21-15-4-2-14(20)3-5-15/h2-9H,10-13H2,1H3,(H,21,22). The smallest absolute Gasteiger partial charge is 0.316 e. The first kappa shape index (κ1) is 20.9. The summed E-state index contributed by atoms with van der Waals surface area (Å²) >= 11 is 6.97. The molecule has 27 heavy (non-hydrogen) atoms. The van der Waals surface area contributed by atoms with Crippen molar-refractivity contribution in [3.63, 3.8) is 0 Å². The normalized spacial score (nSPS) is 10.1. The van der Waals surface area contributed by atoms with Crippen LogP contribution in [0.25, 0.3) is 0 Å². The third-order valence-electron chi connectivity index (χ3n) is 3.26. The van der Waals surface area contributed by atoms with Crippen molar-refractivity contribution < 1.29 is 23.8 Å². The predicted molar refractivity (Wildman–Crippen MR) is 107 cm³/mol. The van der Waals surface area contributed by atoms with Crippen molar-refractivity contribution in [2.45, 2.75) is 0 Å². The van der Waals surface area contributed by atoms with Gasteiger partial charge in [-0.2, -0.15) is 0 Å². The van der Waals surface area contributed by atoms with Gasteiger partial charge in [-0.05, 0) is 48.5 Å². The van der Waals surface area contributed by atoms with Crippen LogP contribution in [-0.4, -0.2) is 43.7 Å². The summed E-state index contributed by atoms with van der Waals surface area (Å²) in [5.74, 6) is 1.07. The van der Waals surface area contributed by atoms with Gasteiger partial charge in [0.25, 0.3) is 0 Å². The van der Waals surface area contributed by atoms with Gasteiger partial charge in [0.1, 0.15) is 24.7 Å². The van der Waals surface area contributed by atoms with E-state index in [-0.39, 0.29) is 30.6 Å². The minimum Gasteiger partial charge on any atom is -0.497 e. The number of hydrogen-bond donors (Lipinski definition) is 1. The van der Waals surface area contributed by atoms with Crippen LogP contribution in [0.1, 0.15) is 0 Å². The average Bonchev–Trinajstić information content (AvgIpc) is 2.67. The number of hydrogen-bond acceptors (Lipinski definition) is 6. The number of thioether (sulfide) groups is 1. The molecule has 144 valence electrons. The van der Waals surface area contributed by atoms with E-state index in [0.717, 1.165) is 5.75 Å². The molecule has 0 radical (unpaired) electrons. The number of methoxy groups -OCH3 is 1. The zero-order valence-electron chi connectivity index (χ0n) is 14.8. The second-order valence-electron chi connectivity index (χ2n) is 5.29. The molecule has 1 amide bonds. The summed E-state index contributed by atoms with van der Waals surface area (Å²) < 4.78 is 15.6. The first-order chi connectivity index (χ1) is 13.1. The first-order valence-corrected chi connectivity index (χ1v) is 9.66. The van der Waals surface area contributed by atoms with E-state index in [1.165, 1.54) is 11.8 Å². The monoisotopic (exact) mass is 409 g/mol. The van der Waals surface area contributed by atoms with Gasteiger partial charge in [-0.3, -0.25) is 9.59 Å². The van der Waals surface area contributed by atoms with Gasteiger partial charge in [0.2, 0.25) is 5.91 Å². The van der Waals surface area contributed by atoms with E-state index in [4.69, 9.17) is 25.8 Å². The minimum atomic E-state index is -0.391. The number of rotatable bonds is 10. The van der Waals surface area contributed by atoms with E-state index in [0.29, 0.717) is 16.5 Å². The maximum atomic E-state index is 11.8. The fourth-order valence-corrected chi connectivity index (χ4v) is 2.72. The van der Waals surface area contributed by atoms with Gasteiger partial charge < -0.3 is 19.5 Å². The molecule has 0 aliphatic heterocycles. The Morgan fingerprint density at radius 1 is 0.963 bits per heavy atom. The van der Waals surface area contributed by atoms with E-state index < -0.39 is 5.97 Å². The molecule has 0 aliphatic carbocycles. The molecule has 0 atom stereocenters. The first-order valence-electron chi connectivity index (χ1n) is 8.12. The molecule has 0 bridgehead atoms. The van der Waals surface area contributed by atoms with Crippen LogP contribution in [0.2, 0.25) is 5.02 Å². The van der Waals surface area contributed by atoms with Crippen molar-refractivity contribution in [3.05, 3.63) is 53.6 Å². The van der Waals surface area contributed by atoms with Crippen LogP contribution in [0.4, 0.5) is 5.69 Å². The molecule has 0 fully saturated rings. The summed E-state index contributed by atoms with van der Waals surface area (Å²) in [6, 6.07) is 13.9. The average molecular weight is 410 g/mol. The molecule has 0 saturated heterocycles. The van der Waals surface area contributed by atoms with Crippen LogP contribution >= 0.6 is 23.4 Å². The van der Waals surface area contributed by atoms with E-state index in [1.807, 2.05) is 0 Å². The number of ether oxygens (including phenoxy) is 3. The second-order valence-corrected chi connectivity index (χ2v) is 6.71. The number of benzene rings is 2. The molecule has 0 saturated carbocycles. The van der Waals surface area contributed by atoms with Crippen molar-refractivity contribution in [2.24, 2.45) is 0 Å². The number of carbonyl (C=O) groups excluding carboxylic acids is 2. The van der Waals surface area contributed by atoms with Crippen LogP contribution in [0.15, 0.2) is 48.5 Å². The molecular formula is C19H20ClNO5S. The Labute approximate surface area is 167 Å². The van der Waals surface area contributed by atoms with Crippen LogP contribution in [0.5, 0.6) is 11.5 Å². The van der Waals surface area contributed by atoms with Crippen molar-refractivity contribution in [1.29, 1.82) is 0 Å². The van der Waals surface area contributed by atoms with E-state index in [2.05, 4.69) is 5.32 Å². The Balaban J connectivity index is 1.55. The summed E-state index contributed by atoms with van der Waals surface area (Å²) in [4.78, 5) is 23.4. The van der Waals surface area contributed by atoms with Crippen molar-refractivity contribution >= 4 is 40.9 Å². The van der Waals surface area contributed by atoms with Crippen LogP contribution in [-0.2, 0) is 14.3 Å². The molecule has 2 rings (SSSR count). The SMILES string of the molecule is COc1ccc(OCCOC(=O)CSCC(=O)Nc2ccc(Cl)cc2)cc1. The Morgan fingerprint density at radius 2 is 1.63 bits per heavy atom. The number of carbonyl (C=O) groups is 2. The third kappa shape index (κ3) is 8.23. The highest BCUT2D eigenvalue weighted by Gasteiger charge is 2.07. The highest BCUT2D eigenvalue weighted by atomic mass is 35.5.